The van der Waals surface area contributed by atoms with Gasteiger partial charge in [0, 0.05) is 18.5 Å². The highest BCUT2D eigenvalue weighted by atomic mass is 35.5. The van der Waals surface area contributed by atoms with Gasteiger partial charge in [-0.15, -0.1) is 0 Å². The number of nitrogens with zero attached hydrogens (tertiary/aromatic N) is 3. The third-order valence-corrected chi connectivity index (χ3v) is 6.98. The fourth-order valence-electron chi connectivity index (χ4n) is 3.50. The zero-order valence-corrected chi connectivity index (χ0v) is 20.7. The smallest absolute Gasteiger partial charge is 0.242 e. The molecule has 0 spiro atoms. The first-order valence-electron chi connectivity index (χ1n) is 10.8. The summed E-state index contributed by atoms with van der Waals surface area (Å²) in [6.45, 7) is 2.77. The van der Waals surface area contributed by atoms with E-state index in [-0.39, 0.29) is 16.7 Å². The number of aryl methyl sites for hydroxylation is 1. The number of hydrogen-bond acceptors (Lipinski definition) is 5. The van der Waals surface area contributed by atoms with E-state index in [1.165, 1.54) is 0 Å². The number of imidazole rings is 1. The van der Waals surface area contributed by atoms with Crippen LogP contribution < -0.4 is 4.72 Å². The minimum Gasteiger partial charge on any atom is -0.320 e. The topological polar surface area (TPSA) is 84.3 Å². The van der Waals surface area contributed by atoms with Crippen molar-refractivity contribution < 1.29 is 13.2 Å². The molecule has 1 heterocycles. The molecule has 0 fully saturated rings. The van der Waals surface area contributed by atoms with Gasteiger partial charge in [0.15, 0.2) is 11.4 Å². The Labute approximate surface area is 200 Å². The van der Waals surface area contributed by atoms with E-state index < -0.39 is 10.0 Å². The lowest BCUT2D eigenvalue weighted by atomic mass is 10.0. The Bertz CT molecular complexity index is 1200. The van der Waals surface area contributed by atoms with Crippen LogP contribution in [0.2, 0.25) is 5.15 Å². The van der Waals surface area contributed by atoms with Crippen LogP contribution in [0, 0.1) is 0 Å². The van der Waals surface area contributed by atoms with E-state index in [4.69, 9.17) is 11.6 Å². The van der Waals surface area contributed by atoms with E-state index in [1.807, 2.05) is 34.9 Å². The lowest BCUT2D eigenvalue weighted by Gasteiger charge is -2.15. The Kier molecular flexibility index (Phi) is 8.42. The monoisotopic (exact) mass is 488 g/mol. The lowest BCUT2D eigenvalue weighted by Crippen LogP contribution is -2.33. The molecule has 1 N–H and O–H groups in total. The molecule has 3 aromatic rings. The summed E-state index contributed by atoms with van der Waals surface area (Å²) < 4.78 is 30.1. The highest BCUT2D eigenvalue weighted by molar-refractivity contribution is 7.89. The molecule has 0 bridgehead atoms. The molecule has 0 saturated heterocycles. The predicted octanol–water partition coefficient (Wildman–Crippen LogP) is 4.20. The third kappa shape index (κ3) is 6.09. The molecule has 1 aromatic heterocycles. The van der Waals surface area contributed by atoms with Crippen LogP contribution in [0.3, 0.4) is 0 Å². The minimum atomic E-state index is -3.67. The number of hydrogen-bond donors (Lipinski definition) is 1. The van der Waals surface area contributed by atoms with E-state index in [0.717, 1.165) is 42.5 Å². The van der Waals surface area contributed by atoms with E-state index in [1.54, 1.807) is 37.2 Å². The normalized spacial score (nSPS) is 11.8. The van der Waals surface area contributed by atoms with Crippen LogP contribution in [-0.4, -0.2) is 49.9 Å². The molecule has 2 aromatic carbocycles. The SMILES string of the molecule is CCCCc1nc(Cl)c(C=O)n1Cc1ccc(-c2ccccc2S(=O)(=O)NCN(C)C)cc1. The molecular weight excluding hydrogens is 460 g/mol. The number of aromatic nitrogens is 2. The van der Waals surface area contributed by atoms with Crippen LogP contribution in [0.25, 0.3) is 11.1 Å². The van der Waals surface area contributed by atoms with Crippen molar-refractivity contribution >= 4 is 27.9 Å². The van der Waals surface area contributed by atoms with Crippen molar-refractivity contribution in [3.8, 4) is 11.1 Å². The van der Waals surface area contributed by atoms with Gasteiger partial charge in [-0.1, -0.05) is 67.4 Å². The Balaban J connectivity index is 1.89. The number of aldehydes is 1. The van der Waals surface area contributed by atoms with Crippen LogP contribution in [0.1, 0.15) is 41.6 Å². The summed E-state index contributed by atoms with van der Waals surface area (Å²) in [6, 6.07) is 14.6. The first-order chi connectivity index (χ1) is 15.8. The minimum absolute atomic E-state index is 0.211. The molecule has 3 rings (SSSR count). The van der Waals surface area contributed by atoms with Gasteiger partial charge in [-0.05, 0) is 37.7 Å². The number of rotatable bonds is 11. The second-order valence-corrected chi connectivity index (χ2v) is 10.2. The van der Waals surface area contributed by atoms with Crippen LogP contribution in [0.4, 0.5) is 0 Å². The molecule has 0 atom stereocenters. The summed E-state index contributed by atoms with van der Waals surface area (Å²) in [7, 11) is -0.0793. The average Bonchev–Trinajstić information content (AvgIpc) is 3.10. The van der Waals surface area contributed by atoms with Gasteiger partial charge in [0.05, 0.1) is 11.6 Å². The van der Waals surface area contributed by atoms with Crippen molar-refractivity contribution in [1.82, 2.24) is 19.2 Å². The molecule has 0 unspecified atom stereocenters. The third-order valence-electron chi connectivity index (χ3n) is 5.26. The molecular formula is C24H29ClN4O3S. The van der Waals surface area contributed by atoms with Gasteiger partial charge < -0.3 is 4.57 Å². The molecule has 9 heteroatoms. The predicted molar refractivity (Wildman–Crippen MR) is 131 cm³/mol. The van der Waals surface area contributed by atoms with Crippen molar-refractivity contribution in [2.45, 2.75) is 37.6 Å². The molecule has 0 aliphatic carbocycles. The standard InChI is InChI=1S/C24H29ClN4O3S/c1-4-5-10-23-27-24(25)21(16-30)29(23)15-18-11-13-19(14-12-18)20-8-6-7-9-22(20)33(31,32)26-17-28(2)3/h6-9,11-14,16,26H,4-5,10,15,17H2,1-3H3. The molecule has 33 heavy (non-hydrogen) atoms. The molecule has 0 amide bonds. The van der Waals surface area contributed by atoms with Crippen molar-refractivity contribution in [3.05, 3.63) is 70.8 Å². The lowest BCUT2D eigenvalue weighted by molar-refractivity contribution is 0.111. The van der Waals surface area contributed by atoms with Gasteiger partial charge in [-0.2, -0.15) is 4.72 Å². The first-order valence-corrected chi connectivity index (χ1v) is 12.7. The van der Waals surface area contributed by atoms with E-state index >= 15 is 0 Å². The van der Waals surface area contributed by atoms with Gasteiger partial charge in [0.2, 0.25) is 10.0 Å². The van der Waals surface area contributed by atoms with Gasteiger partial charge in [0.25, 0.3) is 0 Å². The van der Waals surface area contributed by atoms with Gasteiger partial charge in [-0.3, -0.25) is 9.69 Å². The Hall–Kier alpha value is -2.52. The number of unbranched alkanes of at least 4 members (excludes halogenated alkanes) is 1. The highest BCUT2D eigenvalue weighted by Crippen LogP contribution is 2.28. The van der Waals surface area contributed by atoms with Crippen LogP contribution in [-0.2, 0) is 23.0 Å². The number of carbonyl (C=O) groups excluding carboxylic acids is 1. The van der Waals surface area contributed by atoms with E-state index in [2.05, 4.69) is 16.6 Å². The maximum Gasteiger partial charge on any atom is 0.242 e. The average molecular weight is 489 g/mol. The number of halogens is 1. The fraction of sp³-hybridized carbons (Fsp3) is 0.333. The fourth-order valence-corrected chi connectivity index (χ4v) is 5.06. The maximum absolute atomic E-state index is 12.8. The van der Waals surface area contributed by atoms with Crippen molar-refractivity contribution in [2.24, 2.45) is 0 Å². The Morgan fingerprint density at radius 1 is 1.12 bits per heavy atom. The first kappa shape index (κ1) is 25.1. The van der Waals surface area contributed by atoms with Crippen molar-refractivity contribution in [1.29, 1.82) is 0 Å². The summed E-state index contributed by atoms with van der Waals surface area (Å²) in [4.78, 5) is 17.9. The summed E-state index contributed by atoms with van der Waals surface area (Å²) in [5, 5.41) is 0.220. The summed E-state index contributed by atoms with van der Waals surface area (Å²) in [5.74, 6) is 0.788. The van der Waals surface area contributed by atoms with E-state index in [0.29, 0.717) is 17.8 Å². The highest BCUT2D eigenvalue weighted by Gasteiger charge is 2.19. The summed E-state index contributed by atoms with van der Waals surface area (Å²) in [5.41, 5.74) is 2.74. The largest absolute Gasteiger partial charge is 0.320 e. The molecule has 0 radical (unpaired) electrons. The number of benzene rings is 2. The number of carbonyl (C=O) groups is 1. The Morgan fingerprint density at radius 2 is 1.82 bits per heavy atom. The number of nitrogens with one attached hydrogen (secondary N) is 1. The second-order valence-electron chi connectivity index (χ2n) is 8.09. The quantitative estimate of drug-likeness (QED) is 0.323. The van der Waals surface area contributed by atoms with Crippen LogP contribution >= 0.6 is 11.6 Å². The second kappa shape index (κ2) is 11.1. The Morgan fingerprint density at radius 3 is 2.45 bits per heavy atom. The zero-order chi connectivity index (χ0) is 24.0. The number of sulfonamides is 1. The molecule has 0 aliphatic rings. The van der Waals surface area contributed by atoms with Gasteiger partial charge >= 0.3 is 0 Å². The molecule has 0 aliphatic heterocycles. The van der Waals surface area contributed by atoms with Crippen LogP contribution in [0.5, 0.6) is 0 Å². The zero-order valence-electron chi connectivity index (χ0n) is 19.1. The maximum atomic E-state index is 12.8. The molecule has 176 valence electrons. The van der Waals surface area contributed by atoms with E-state index in [9.17, 15) is 13.2 Å². The summed E-state index contributed by atoms with van der Waals surface area (Å²) >= 11 is 6.18. The van der Waals surface area contributed by atoms with Crippen LogP contribution in [0.15, 0.2) is 53.4 Å². The molecule has 7 nitrogen and oxygen atoms in total. The van der Waals surface area contributed by atoms with Crippen molar-refractivity contribution in [2.75, 3.05) is 20.8 Å². The summed E-state index contributed by atoms with van der Waals surface area (Å²) in [6.07, 6.45) is 3.45. The van der Waals surface area contributed by atoms with Crippen molar-refractivity contribution in [3.63, 3.8) is 0 Å². The van der Waals surface area contributed by atoms with Gasteiger partial charge in [-0.25, -0.2) is 13.4 Å². The van der Waals surface area contributed by atoms with Gasteiger partial charge in [0.1, 0.15) is 11.5 Å². The molecule has 0 saturated carbocycles.